The van der Waals surface area contributed by atoms with E-state index >= 15 is 0 Å². The van der Waals surface area contributed by atoms with E-state index in [0.29, 0.717) is 34.7 Å². The van der Waals surface area contributed by atoms with Gasteiger partial charge in [-0.05, 0) is 39.7 Å². The number of rotatable bonds is 8. The highest BCUT2D eigenvalue weighted by Gasteiger charge is 2.10. The number of halogens is 1. The summed E-state index contributed by atoms with van der Waals surface area (Å²) in [4.78, 5) is 10.5. The molecular weight excluding hydrogens is 328 g/mol. The third-order valence-electron chi connectivity index (χ3n) is 2.41. The largest absolute Gasteiger partial charge is 0.493 e. The third kappa shape index (κ3) is 5.22. The molecule has 5 nitrogen and oxygen atoms in total. The summed E-state index contributed by atoms with van der Waals surface area (Å²) >= 11 is 3.40. The van der Waals surface area contributed by atoms with Crippen molar-refractivity contribution in [1.82, 2.24) is 0 Å². The topological polar surface area (TPSA) is 65.0 Å². The molecule has 0 amide bonds. The van der Waals surface area contributed by atoms with E-state index in [0.717, 1.165) is 12.5 Å². The molecule has 0 bridgehead atoms. The molecule has 1 aromatic rings. The summed E-state index contributed by atoms with van der Waals surface area (Å²) in [6.45, 7) is 1.13. The van der Waals surface area contributed by atoms with Gasteiger partial charge in [0.15, 0.2) is 11.5 Å². The molecule has 0 fully saturated rings. The Bertz CT molecular complexity index is 485. The van der Waals surface area contributed by atoms with Crippen LogP contribution < -0.4 is 9.47 Å². The molecule has 0 unspecified atom stereocenters. The lowest BCUT2D eigenvalue weighted by Crippen LogP contribution is -2.03. The Morgan fingerprint density at radius 1 is 1.35 bits per heavy atom. The first-order valence-electron chi connectivity index (χ1n) is 5.98. The molecule has 6 heteroatoms. The molecule has 1 aromatic carbocycles. The Morgan fingerprint density at radius 2 is 2.10 bits per heavy atom. The molecule has 0 aromatic heterocycles. The zero-order valence-electron chi connectivity index (χ0n) is 11.4. The van der Waals surface area contributed by atoms with E-state index in [-0.39, 0.29) is 0 Å². The average Bonchev–Trinajstić information content (AvgIpc) is 2.42. The number of hydrogen-bond acceptors (Lipinski definition) is 4. The molecule has 0 saturated heterocycles. The summed E-state index contributed by atoms with van der Waals surface area (Å²) in [5.41, 5.74) is 0.709. The van der Waals surface area contributed by atoms with Gasteiger partial charge in [0.25, 0.3) is 0 Å². The second kappa shape index (κ2) is 8.60. The summed E-state index contributed by atoms with van der Waals surface area (Å²) in [7, 11) is 3.18. The standard InChI is InChI=1S/C14H17BrO5/c1-18-6-3-7-20-14-11(15)8-10(4-5-13(16)17)9-12(14)19-2/h4-5,8-9H,3,6-7H2,1-2H3,(H,16,17)/b5-4+. The fraction of sp³-hybridized carbons (Fsp3) is 0.357. The van der Waals surface area contributed by atoms with Gasteiger partial charge < -0.3 is 19.3 Å². The van der Waals surface area contributed by atoms with Crippen molar-refractivity contribution in [2.24, 2.45) is 0 Å². The molecule has 1 rings (SSSR count). The van der Waals surface area contributed by atoms with Gasteiger partial charge in [-0.25, -0.2) is 4.79 Å². The van der Waals surface area contributed by atoms with Crippen molar-refractivity contribution in [2.45, 2.75) is 6.42 Å². The summed E-state index contributed by atoms with van der Waals surface area (Å²) in [5, 5.41) is 8.63. The van der Waals surface area contributed by atoms with Crippen LogP contribution in [0.4, 0.5) is 0 Å². The minimum atomic E-state index is -1.00. The minimum Gasteiger partial charge on any atom is -0.493 e. The first-order chi connectivity index (χ1) is 9.58. The molecule has 0 aliphatic carbocycles. The molecular formula is C14H17BrO5. The molecule has 0 heterocycles. The number of ether oxygens (including phenoxy) is 3. The maximum absolute atomic E-state index is 10.5. The zero-order chi connectivity index (χ0) is 15.0. The van der Waals surface area contributed by atoms with Crippen molar-refractivity contribution in [2.75, 3.05) is 27.4 Å². The number of carboxylic acid groups (broad SMARTS) is 1. The Hall–Kier alpha value is -1.53. The number of aliphatic carboxylic acids is 1. The second-order valence-electron chi connectivity index (χ2n) is 3.90. The van der Waals surface area contributed by atoms with Gasteiger partial charge in [-0.15, -0.1) is 0 Å². The first-order valence-corrected chi connectivity index (χ1v) is 6.78. The van der Waals surface area contributed by atoms with Crippen LogP contribution in [-0.4, -0.2) is 38.5 Å². The molecule has 0 aliphatic heterocycles. The van der Waals surface area contributed by atoms with Crippen molar-refractivity contribution in [3.63, 3.8) is 0 Å². The lowest BCUT2D eigenvalue weighted by molar-refractivity contribution is -0.131. The molecule has 0 atom stereocenters. The predicted octanol–water partition coefficient (Wildman–Crippen LogP) is 2.97. The van der Waals surface area contributed by atoms with Gasteiger partial charge in [-0.1, -0.05) is 0 Å². The van der Waals surface area contributed by atoms with Gasteiger partial charge in [-0.2, -0.15) is 0 Å². The van der Waals surface area contributed by atoms with Gasteiger partial charge in [0.1, 0.15) is 0 Å². The number of benzene rings is 1. The average molecular weight is 345 g/mol. The van der Waals surface area contributed by atoms with Crippen LogP contribution >= 0.6 is 15.9 Å². The Kier molecular flexibility index (Phi) is 7.11. The van der Waals surface area contributed by atoms with Crippen molar-refractivity contribution in [1.29, 1.82) is 0 Å². The molecule has 20 heavy (non-hydrogen) atoms. The van der Waals surface area contributed by atoms with Gasteiger partial charge in [0.05, 0.1) is 18.2 Å². The van der Waals surface area contributed by atoms with Crippen LogP contribution in [0.1, 0.15) is 12.0 Å². The predicted molar refractivity (Wildman–Crippen MR) is 79.4 cm³/mol. The fourth-order valence-corrected chi connectivity index (χ4v) is 2.10. The molecule has 110 valence electrons. The Morgan fingerprint density at radius 3 is 2.70 bits per heavy atom. The van der Waals surface area contributed by atoms with Crippen LogP contribution in [0.3, 0.4) is 0 Å². The molecule has 0 saturated carbocycles. The number of hydrogen-bond donors (Lipinski definition) is 1. The van der Waals surface area contributed by atoms with Gasteiger partial charge in [-0.3, -0.25) is 0 Å². The first kappa shape index (κ1) is 16.5. The van der Waals surface area contributed by atoms with Crippen LogP contribution in [0.25, 0.3) is 6.08 Å². The molecule has 1 N–H and O–H groups in total. The van der Waals surface area contributed by atoms with Crippen molar-refractivity contribution < 1.29 is 24.1 Å². The molecule has 0 spiro atoms. The van der Waals surface area contributed by atoms with Crippen LogP contribution in [0.15, 0.2) is 22.7 Å². The Labute approximate surface area is 126 Å². The van der Waals surface area contributed by atoms with E-state index in [9.17, 15) is 4.79 Å². The Balaban J connectivity index is 2.87. The smallest absolute Gasteiger partial charge is 0.328 e. The van der Waals surface area contributed by atoms with Gasteiger partial charge in [0.2, 0.25) is 0 Å². The van der Waals surface area contributed by atoms with E-state index < -0.39 is 5.97 Å². The van der Waals surface area contributed by atoms with Crippen LogP contribution in [-0.2, 0) is 9.53 Å². The van der Waals surface area contributed by atoms with E-state index in [1.807, 2.05) is 0 Å². The van der Waals surface area contributed by atoms with Gasteiger partial charge in [0, 0.05) is 26.2 Å². The summed E-state index contributed by atoms with van der Waals surface area (Å²) in [6.07, 6.45) is 3.33. The SMILES string of the molecule is COCCCOc1c(Br)cc(/C=C/C(=O)O)cc1OC. The zero-order valence-corrected chi connectivity index (χ0v) is 13.0. The number of carboxylic acids is 1. The van der Waals surface area contributed by atoms with E-state index in [2.05, 4.69) is 15.9 Å². The lowest BCUT2D eigenvalue weighted by atomic mass is 10.2. The second-order valence-corrected chi connectivity index (χ2v) is 4.75. The van der Waals surface area contributed by atoms with Crippen molar-refractivity contribution >= 4 is 28.0 Å². The summed E-state index contributed by atoms with van der Waals surface area (Å²) in [5.74, 6) is 0.137. The van der Waals surface area contributed by atoms with Crippen LogP contribution in [0.2, 0.25) is 0 Å². The number of carbonyl (C=O) groups is 1. The highest BCUT2D eigenvalue weighted by molar-refractivity contribution is 9.10. The molecule has 0 aliphatic rings. The van der Waals surface area contributed by atoms with E-state index in [1.54, 1.807) is 19.2 Å². The maximum Gasteiger partial charge on any atom is 0.328 e. The fourth-order valence-electron chi connectivity index (χ4n) is 1.52. The molecule has 0 radical (unpaired) electrons. The number of methoxy groups -OCH3 is 2. The minimum absolute atomic E-state index is 0.507. The maximum atomic E-state index is 10.5. The van der Waals surface area contributed by atoms with Crippen molar-refractivity contribution in [3.8, 4) is 11.5 Å². The lowest BCUT2D eigenvalue weighted by Gasteiger charge is -2.13. The highest BCUT2D eigenvalue weighted by atomic mass is 79.9. The van der Waals surface area contributed by atoms with Crippen molar-refractivity contribution in [3.05, 3.63) is 28.2 Å². The highest BCUT2D eigenvalue weighted by Crippen LogP contribution is 2.37. The van der Waals surface area contributed by atoms with Crippen LogP contribution in [0, 0.1) is 0 Å². The monoisotopic (exact) mass is 344 g/mol. The van der Waals surface area contributed by atoms with E-state index in [1.165, 1.54) is 13.2 Å². The quantitative estimate of drug-likeness (QED) is 0.580. The third-order valence-corrected chi connectivity index (χ3v) is 3.00. The van der Waals surface area contributed by atoms with Crippen LogP contribution in [0.5, 0.6) is 11.5 Å². The summed E-state index contributed by atoms with van der Waals surface area (Å²) in [6, 6.07) is 3.49. The normalized spacial score (nSPS) is 10.8. The van der Waals surface area contributed by atoms with E-state index in [4.69, 9.17) is 19.3 Å². The summed E-state index contributed by atoms with van der Waals surface area (Å²) < 4.78 is 16.6. The van der Waals surface area contributed by atoms with Gasteiger partial charge >= 0.3 is 5.97 Å².